The first-order chi connectivity index (χ1) is 16.5. The number of hydrogen-bond acceptors (Lipinski definition) is 4. The molecule has 2 saturated carbocycles. The van der Waals surface area contributed by atoms with Crippen LogP contribution in [-0.2, 0) is 0 Å². The minimum Gasteiger partial charge on any atom is -0.378 e. The second-order valence-electron chi connectivity index (χ2n) is 10.6. The van der Waals surface area contributed by atoms with Gasteiger partial charge in [-0.1, -0.05) is 61.2 Å². The van der Waals surface area contributed by atoms with E-state index in [2.05, 4.69) is 97.3 Å². The average molecular weight is 471 g/mol. The first-order valence-electron chi connectivity index (χ1n) is 12.7. The van der Waals surface area contributed by atoms with E-state index < -0.39 is 0 Å². The van der Waals surface area contributed by atoms with Crippen LogP contribution in [0.15, 0.2) is 77.5 Å². The third-order valence-corrected chi connectivity index (χ3v) is 9.25. The molecule has 34 heavy (non-hydrogen) atoms. The SMILES string of the molecule is C[C@H]1C=CC(C(Sc2nnc(C3CC3)n2-c2ccc(N(C)C)cc2)[C@]23C=CC=CC2C3)=CCC1. The fourth-order valence-corrected chi connectivity index (χ4v) is 6.91. The molecule has 0 radical (unpaired) electrons. The van der Waals surface area contributed by atoms with Crippen molar-refractivity contribution >= 4 is 17.4 Å². The highest BCUT2D eigenvalue weighted by Crippen LogP contribution is 2.64. The van der Waals surface area contributed by atoms with Gasteiger partial charge in [0.2, 0.25) is 0 Å². The Balaban J connectivity index is 1.40. The Hall–Kier alpha value is -2.53. The van der Waals surface area contributed by atoms with Crippen LogP contribution in [0.25, 0.3) is 5.69 Å². The van der Waals surface area contributed by atoms with E-state index in [1.165, 1.54) is 42.6 Å². The van der Waals surface area contributed by atoms with E-state index in [4.69, 9.17) is 10.2 Å². The van der Waals surface area contributed by atoms with Gasteiger partial charge < -0.3 is 4.90 Å². The monoisotopic (exact) mass is 470 g/mol. The van der Waals surface area contributed by atoms with Gasteiger partial charge in [0.1, 0.15) is 5.82 Å². The second kappa shape index (κ2) is 8.60. The summed E-state index contributed by atoms with van der Waals surface area (Å²) in [5, 5.41) is 10.9. The third kappa shape index (κ3) is 3.98. The van der Waals surface area contributed by atoms with Crippen molar-refractivity contribution in [2.75, 3.05) is 19.0 Å². The van der Waals surface area contributed by atoms with Crippen LogP contribution < -0.4 is 4.90 Å². The van der Waals surface area contributed by atoms with Crippen LogP contribution in [0.3, 0.4) is 0 Å². The number of rotatable bonds is 7. The molecule has 2 fully saturated rings. The van der Waals surface area contributed by atoms with Gasteiger partial charge in [-0.05, 0) is 73.8 Å². The van der Waals surface area contributed by atoms with Crippen LogP contribution in [0, 0.1) is 17.3 Å². The fraction of sp³-hybridized carbons (Fsp3) is 0.448. The zero-order valence-corrected chi connectivity index (χ0v) is 21.2. The summed E-state index contributed by atoms with van der Waals surface area (Å²) in [7, 11) is 4.17. The van der Waals surface area contributed by atoms with Gasteiger partial charge in [0.05, 0.1) is 0 Å². The van der Waals surface area contributed by atoms with Gasteiger partial charge >= 0.3 is 0 Å². The molecule has 0 saturated heterocycles. The van der Waals surface area contributed by atoms with Crippen LogP contribution in [-0.4, -0.2) is 34.1 Å². The van der Waals surface area contributed by atoms with Crippen LogP contribution >= 0.6 is 11.8 Å². The molecule has 4 aliphatic carbocycles. The summed E-state index contributed by atoms with van der Waals surface area (Å²) in [6.45, 7) is 2.33. The maximum Gasteiger partial charge on any atom is 0.196 e. The summed E-state index contributed by atoms with van der Waals surface area (Å²) >= 11 is 1.92. The highest BCUT2D eigenvalue weighted by atomic mass is 32.2. The Bertz CT molecular complexity index is 1180. The Labute approximate surface area is 207 Å². The minimum atomic E-state index is 0.189. The summed E-state index contributed by atoms with van der Waals surface area (Å²) < 4.78 is 2.34. The van der Waals surface area contributed by atoms with Crippen molar-refractivity contribution in [3.05, 3.63) is 78.2 Å². The molecule has 0 spiro atoms. The smallest absolute Gasteiger partial charge is 0.196 e. The van der Waals surface area contributed by atoms with E-state index in [0.717, 1.165) is 17.4 Å². The lowest BCUT2D eigenvalue weighted by Gasteiger charge is -2.27. The first-order valence-corrected chi connectivity index (χ1v) is 13.6. The number of fused-ring (bicyclic) bond motifs is 1. The van der Waals surface area contributed by atoms with Crippen LogP contribution in [0.1, 0.15) is 50.8 Å². The molecular weight excluding hydrogens is 436 g/mol. The number of allylic oxidation sites excluding steroid dienone is 7. The number of aromatic nitrogens is 3. The van der Waals surface area contributed by atoms with E-state index >= 15 is 0 Å². The van der Waals surface area contributed by atoms with Crippen molar-refractivity contribution in [1.29, 1.82) is 0 Å². The highest BCUT2D eigenvalue weighted by molar-refractivity contribution is 8.00. The Morgan fingerprint density at radius 1 is 1.06 bits per heavy atom. The molecule has 4 atom stereocenters. The molecule has 0 bridgehead atoms. The van der Waals surface area contributed by atoms with Crippen LogP contribution in [0.2, 0.25) is 0 Å². The maximum atomic E-state index is 4.80. The Morgan fingerprint density at radius 3 is 2.62 bits per heavy atom. The zero-order valence-electron chi connectivity index (χ0n) is 20.4. The van der Waals surface area contributed by atoms with E-state index in [1.54, 1.807) is 0 Å². The Kier molecular flexibility index (Phi) is 5.56. The molecule has 4 aliphatic rings. The largest absolute Gasteiger partial charge is 0.378 e. The highest BCUT2D eigenvalue weighted by Gasteiger charge is 2.58. The molecule has 2 aromatic rings. The molecule has 176 valence electrons. The van der Waals surface area contributed by atoms with Crippen molar-refractivity contribution < 1.29 is 0 Å². The van der Waals surface area contributed by atoms with Crippen LogP contribution in [0.5, 0.6) is 0 Å². The van der Waals surface area contributed by atoms with Crippen molar-refractivity contribution in [3.63, 3.8) is 0 Å². The van der Waals surface area contributed by atoms with Crippen molar-refractivity contribution in [2.24, 2.45) is 17.3 Å². The molecule has 6 rings (SSSR count). The van der Waals surface area contributed by atoms with E-state index in [0.29, 0.717) is 23.0 Å². The van der Waals surface area contributed by atoms with Crippen LogP contribution in [0.4, 0.5) is 5.69 Å². The molecule has 1 aromatic carbocycles. The summed E-state index contributed by atoms with van der Waals surface area (Å²) in [5.41, 5.74) is 4.02. The number of anilines is 1. The minimum absolute atomic E-state index is 0.189. The molecular formula is C29H34N4S. The number of thioether (sulfide) groups is 1. The third-order valence-electron chi connectivity index (χ3n) is 7.82. The lowest BCUT2D eigenvalue weighted by Crippen LogP contribution is -2.22. The molecule has 4 nitrogen and oxygen atoms in total. The summed E-state index contributed by atoms with van der Waals surface area (Å²) in [6, 6.07) is 8.83. The van der Waals surface area contributed by atoms with Gasteiger partial charge in [-0.25, -0.2) is 0 Å². The quantitative estimate of drug-likeness (QED) is 0.421. The van der Waals surface area contributed by atoms with Gasteiger partial charge in [0.15, 0.2) is 5.16 Å². The number of nitrogens with zero attached hydrogens (tertiary/aromatic N) is 4. The van der Waals surface area contributed by atoms with E-state index in [9.17, 15) is 0 Å². The van der Waals surface area contributed by atoms with Gasteiger partial charge in [-0.15, -0.1) is 10.2 Å². The zero-order chi connectivity index (χ0) is 23.3. The summed E-state index contributed by atoms with van der Waals surface area (Å²) in [6.07, 6.45) is 22.7. The van der Waals surface area contributed by atoms with Gasteiger partial charge in [-0.2, -0.15) is 0 Å². The molecule has 1 heterocycles. The molecule has 0 aliphatic heterocycles. The first kappa shape index (κ1) is 22.0. The van der Waals surface area contributed by atoms with E-state index in [1.807, 2.05) is 11.8 Å². The van der Waals surface area contributed by atoms with E-state index in [-0.39, 0.29) is 5.41 Å². The normalized spacial score (nSPS) is 28.3. The summed E-state index contributed by atoms with van der Waals surface area (Å²) in [5.74, 6) is 2.93. The molecule has 0 N–H and O–H groups in total. The van der Waals surface area contributed by atoms with Gasteiger partial charge in [0.25, 0.3) is 0 Å². The average Bonchev–Trinajstić information content (AvgIpc) is 3.76. The molecule has 5 heteroatoms. The van der Waals surface area contributed by atoms with Gasteiger partial charge in [0, 0.05) is 42.1 Å². The van der Waals surface area contributed by atoms with Gasteiger partial charge in [-0.3, -0.25) is 4.57 Å². The molecule has 2 unspecified atom stereocenters. The number of benzene rings is 1. The number of hydrogen-bond donors (Lipinski definition) is 0. The predicted octanol–water partition coefficient (Wildman–Crippen LogP) is 6.72. The van der Waals surface area contributed by atoms with Crippen molar-refractivity contribution in [1.82, 2.24) is 14.8 Å². The molecule has 1 aromatic heterocycles. The lowest BCUT2D eigenvalue weighted by atomic mass is 9.90. The fourth-order valence-electron chi connectivity index (χ4n) is 5.43. The lowest BCUT2D eigenvalue weighted by molar-refractivity contribution is 0.618. The standard InChI is InChI=1S/C29H34N4S/c1-20-7-6-8-21(11-10-20)26(29-18-5-4-9-23(29)19-29)34-28-31-30-27(22-12-13-22)33(28)25-16-14-24(15-17-25)32(2)3/h4-5,8-11,14-18,20,22-23,26H,6-7,12-13,19H2,1-3H3/t20-,23?,26?,29+/m1/s1. The topological polar surface area (TPSA) is 34.0 Å². The maximum absolute atomic E-state index is 4.80. The van der Waals surface area contributed by atoms with Crippen molar-refractivity contribution in [3.8, 4) is 5.69 Å². The second-order valence-corrected chi connectivity index (χ2v) is 11.7. The summed E-state index contributed by atoms with van der Waals surface area (Å²) in [4.78, 5) is 2.14. The van der Waals surface area contributed by atoms with Crippen molar-refractivity contribution in [2.45, 2.75) is 55.4 Å². The Morgan fingerprint density at radius 2 is 1.88 bits per heavy atom. The predicted molar refractivity (Wildman–Crippen MR) is 142 cm³/mol. The molecule has 0 amide bonds.